The molecular weight excluding hydrogens is 472 g/mol. The lowest BCUT2D eigenvalue weighted by Crippen LogP contribution is -2.28. The predicted molar refractivity (Wildman–Crippen MR) is 137 cm³/mol. The van der Waals surface area contributed by atoms with Crippen LogP contribution >= 0.6 is 0 Å². The van der Waals surface area contributed by atoms with Crippen LogP contribution < -0.4 is 0 Å². The van der Waals surface area contributed by atoms with Crippen molar-refractivity contribution < 1.29 is 23.7 Å². The smallest absolute Gasteiger partial charge is 0.307 e. The third-order valence-corrected chi connectivity index (χ3v) is 6.82. The van der Waals surface area contributed by atoms with Crippen molar-refractivity contribution >= 4 is 5.97 Å². The van der Waals surface area contributed by atoms with E-state index in [2.05, 4.69) is 27.1 Å². The number of nitrogens with zero attached hydrogens (tertiary/aromatic N) is 4. The Labute approximate surface area is 215 Å². The summed E-state index contributed by atoms with van der Waals surface area (Å²) in [6, 6.07) is 17.7. The zero-order valence-electron chi connectivity index (χ0n) is 21.0. The summed E-state index contributed by atoms with van der Waals surface area (Å²) in [5.41, 5.74) is 4.29. The number of methoxy groups -OCH3 is 1. The van der Waals surface area contributed by atoms with E-state index < -0.39 is 5.97 Å². The molecule has 2 aromatic carbocycles. The van der Waals surface area contributed by atoms with Crippen LogP contribution in [0.1, 0.15) is 37.0 Å². The molecule has 0 radical (unpaired) electrons. The molecule has 0 bridgehead atoms. The van der Waals surface area contributed by atoms with Crippen molar-refractivity contribution in [3.8, 4) is 34.3 Å². The van der Waals surface area contributed by atoms with Crippen LogP contribution in [0.25, 0.3) is 34.3 Å². The van der Waals surface area contributed by atoms with Crippen molar-refractivity contribution in [3.05, 3.63) is 65.7 Å². The van der Waals surface area contributed by atoms with Gasteiger partial charge in [0.25, 0.3) is 5.89 Å². The van der Waals surface area contributed by atoms with Crippen LogP contribution in [0.3, 0.4) is 0 Å². The first-order chi connectivity index (χ1) is 18.1. The van der Waals surface area contributed by atoms with Crippen LogP contribution in [-0.2, 0) is 16.0 Å². The minimum Gasteiger partial charge on any atom is -0.481 e. The molecule has 1 N–H and O–H groups in total. The lowest BCUT2D eigenvalue weighted by Gasteiger charge is -2.23. The predicted octanol–water partition coefficient (Wildman–Crippen LogP) is 5.11. The fraction of sp³-hybridized carbons (Fsp3) is 0.357. The Morgan fingerprint density at radius 2 is 1.89 bits per heavy atom. The molecule has 0 spiro atoms. The largest absolute Gasteiger partial charge is 0.481 e. The SMILES string of the molecule is CCCc1c(-c2nc(-c3ccc(C(CN4CCC(C(=O)O)C4)OC)cc3)no2)noc1-c1ccccc1. The minimum absolute atomic E-state index is 0.162. The molecule has 1 aliphatic rings. The summed E-state index contributed by atoms with van der Waals surface area (Å²) in [7, 11) is 1.67. The van der Waals surface area contributed by atoms with Crippen molar-refractivity contribution in [1.29, 1.82) is 0 Å². The zero-order valence-corrected chi connectivity index (χ0v) is 21.0. The van der Waals surface area contributed by atoms with Gasteiger partial charge in [0.1, 0.15) is 0 Å². The number of aromatic nitrogens is 3. The second-order valence-corrected chi connectivity index (χ2v) is 9.31. The Morgan fingerprint density at radius 1 is 1.11 bits per heavy atom. The fourth-order valence-electron chi connectivity index (χ4n) is 4.81. The number of aliphatic carboxylic acids is 1. The number of benzene rings is 2. The average Bonchev–Trinajstić information content (AvgIpc) is 3.68. The van der Waals surface area contributed by atoms with Gasteiger partial charge in [-0.25, -0.2) is 0 Å². The molecule has 0 saturated carbocycles. The molecule has 5 rings (SSSR count). The number of carboxylic acid groups (broad SMARTS) is 1. The van der Waals surface area contributed by atoms with E-state index >= 15 is 0 Å². The Bertz CT molecular complexity index is 1330. The molecule has 1 fully saturated rings. The number of ether oxygens (including phenoxy) is 1. The van der Waals surface area contributed by atoms with Crippen molar-refractivity contribution in [2.45, 2.75) is 32.3 Å². The molecule has 0 amide bonds. The molecular formula is C28H30N4O5. The summed E-state index contributed by atoms with van der Waals surface area (Å²) >= 11 is 0. The number of rotatable bonds is 10. The highest BCUT2D eigenvalue weighted by Crippen LogP contribution is 2.33. The molecule has 4 aromatic rings. The summed E-state index contributed by atoms with van der Waals surface area (Å²) in [6.45, 7) is 4.05. The van der Waals surface area contributed by atoms with E-state index in [1.807, 2.05) is 54.6 Å². The van der Waals surface area contributed by atoms with E-state index in [1.165, 1.54) is 0 Å². The van der Waals surface area contributed by atoms with E-state index in [4.69, 9.17) is 13.8 Å². The fourth-order valence-corrected chi connectivity index (χ4v) is 4.81. The second-order valence-electron chi connectivity index (χ2n) is 9.31. The van der Waals surface area contributed by atoms with Crippen LogP contribution in [0.5, 0.6) is 0 Å². The summed E-state index contributed by atoms with van der Waals surface area (Å²) in [6.07, 6.45) is 2.21. The Morgan fingerprint density at radius 3 is 2.57 bits per heavy atom. The van der Waals surface area contributed by atoms with Gasteiger partial charge in [-0.3, -0.25) is 9.69 Å². The molecule has 1 aliphatic heterocycles. The molecule has 9 heteroatoms. The summed E-state index contributed by atoms with van der Waals surface area (Å²) < 4.78 is 17.0. The van der Waals surface area contributed by atoms with Crippen molar-refractivity contribution in [1.82, 2.24) is 20.2 Å². The van der Waals surface area contributed by atoms with E-state index in [-0.39, 0.29) is 12.0 Å². The molecule has 37 heavy (non-hydrogen) atoms. The molecule has 2 unspecified atom stereocenters. The molecule has 192 valence electrons. The maximum Gasteiger partial charge on any atom is 0.307 e. The highest BCUT2D eigenvalue weighted by molar-refractivity contribution is 5.71. The molecule has 2 atom stereocenters. The maximum absolute atomic E-state index is 11.3. The van der Waals surface area contributed by atoms with Crippen molar-refractivity contribution in [3.63, 3.8) is 0 Å². The van der Waals surface area contributed by atoms with Gasteiger partial charge in [0.2, 0.25) is 5.82 Å². The zero-order chi connectivity index (χ0) is 25.8. The van der Waals surface area contributed by atoms with Crippen LogP contribution in [0.15, 0.2) is 63.6 Å². The van der Waals surface area contributed by atoms with Gasteiger partial charge in [-0.2, -0.15) is 4.98 Å². The summed E-state index contributed by atoms with van der Waals surface area (Å²) in [5.74, 6) is 0.471. The van der Waals surface area contributed by atoms with Gasteiger partial charge < -0.3 is 18.9 Å². The van der Waals surface area contributed by atoms with Gasteiger partial charge >= 0.3 is 5.97 Å². The van der Waals surface area contributed by atoms with Gasteiger partial charge in [-0.05, 0) is 24.9 Å². The van der Waals surface area contributed by atoms with Crippen LogP contribution in [0.2, 0.25) is 0 Å². The lowest BCUT2D eigenvalue weighted by atomic mass is 10.0. The topological polar surface area (TPSA) is 115 Å². The molecule has 1 saturated heterocycles. The van der Waals surface area contributed by atoms with Crippen LogP contribution in [0.4, 0.5) is 0 Å². The second kappa shape index (κ2) is 11.1. The first-order valence-corrected chi connectivity index (χ1v) is 12.5. The van der Waals surface area contributed by atoms with Gasteiger partial charge in [0.15, 0.2) is 11.5 Å². The maximum atomic E-state index is 11.3. The molecule has 2 aromatic heterocycles. The third kappa shape index (κ3) is 5.33. The first-order valence-electron chi connectivity index (χ1n) is 12.5. The lowest BCUT2D eigenvalue weighted by molar-refractivity contribution is -0.141. The van der Waals surface area contributed by atoms with Crippen molar-refractivity contribution in [2.24, 2.45) is 5.92 Å². The van der Waals surface area contributed by atoms with Gasteiger partial charge in [0.05, 0.1) is 12.0 Å². The van der Waals surface area contributed by atoms with E-state index in [9.17, 15) is 9.90 Å². The number of hydrogen-bond donors (Lipinski definition) is 1. The van der Waals surface area contributed by atoms with Gasteiger partial charge in [0, 0.05) is 36.9 Å². The third-order valence-electron chi connectivity index (χ3n) is 6.82. The highest BCUT2D eigenvalue weighted by Gasteiger charge is 2.30. The molecule has 0 aliphatic carbocycles. The number of hydrogen-bond acceptors (Lipinski definition) is 8. The summed E-state index contributed by atoms with van der Waals surface area (Å²) in [5, 5.41) is 17.7. The van der Waals surface area contributed by atoms with Gasteiger partial charge in [-0.15, -0.1) is 0 Å². The normalized spacial score (nSPS) is 16.8. The highest BCUT2D eigenvalue weighted by atomic mass is 16.5. The van der Waals surface area contributed by atoms with Crippen LogP contribution in [-0.4, -0.2) is 58.0 Å². The Hall–Kier alpha value is -3.82. The van der Waals surface area contributed by atoms with E-state index in [0.29, 0.717) is 36.9 Å². The summed E-state index contributed by atoms with van der Waals surface area (Å²) in [4.78, 5) is 18.0. The van der Waals surface area contributed by atoms with E-state index in [0.717, 1.165) is 47.4 Å². The Balaban J connectivity index is 1.33. The van der Waals surface area contributed by atoms with Crippen molar-refractivity contribution in [2.75, 3.05) is 26.7 Å². The number of carboxylic acids is 1. The van der Waals surface area contributed by atoms with E-state index in [1.54, 1.807) is 7.11 Å². The monoisotopic (exact) mass is 502 g/mol. The average molecular weight is 503 g/mol. The molecule has 3 heterocycles. The Kier molecular flexibility index (Phi) is 7.43. The quantitative estimate of drug-likeness (QED) is 0.316. The van der Waals surface area contributed by atoms with Crippen LogP contribution in [0, 0.1) is 5.92 Å². The number of likely N-dealkylation sites (tertiary alicyclic amines) is 1. The first kappa shape index (κ1) is 24.9. The standard InChI is InChI=1S/C28H30N4O5/c1-3-7-22-24(30-36-25(22)19-8-5-4-6-9-19)27-29-26(31-37-27)20-12-10-18(11-13-20)23(35-2)17-32-15-14-21(16-32)28(33)34/h4-6,8-13,21,23H,3,7,14-17H2,1-2H3,(H,33,34). The number of carbonyl (C=O) groups is 1. The molecule has 9 nitrogen and oxygen atoms in total. The van der Waals surface area contributed by atoms with Gasteiger partial charge in [-0.1, -0.05) is 78.3 Å². The minimum atomic E-state index is -0.732.